The van der Waals surface area contributed by atoms with Gasteiger partial charge in [0.2, 0.25) is 5.91 Å². The van der Waals surface area contributed by atoms with Crippen LogP contribution in [0.3, 0.4) is 0 Å². The summed E-state index contributed by atoms with van der Waals surface area (Å²) in [6.07, 6.45) is 0.645. The number of esters is 1. The average Bonchev–Trinajstić information content (AvgIpc) is 3.04. The number of hydrogen-bond acceptors (Lipinski definition) is 6. The minimum atomic E-state index is -0.553. The van der Waals surface area contributed by atoms with Crippen LogP contribution in [0.5, 0.6) is 0 Å². The van der Waals surface area contributed by atoms with Gasteiger partial charge in [-0.05, 0) is 36.6 Å². The predicted octanol–water partition coefficient (Wildman–Crippen LogP) is 3.64. The summed E-state index contributed by atoms with van der Waals surface area (Å²) in [6.45, 7) is 1.80. The van der Waals surface area contributed by atoms with Crippen LogP contribution in [0.15, 0.2) is 65.2 Å². The Morgan fingerprint density at radius 3 is 2.48 bits per heavy atom. The highest BCUT2D eigenvalue weighted by Crippen LogP contribution is 2.50. The first kappa shape index (κ1) is 19.2. The Hall–Kier alpha value is -3.13. The molecular weight excluding hydrogens is 392 g/mol. The highest BCUT2D eigenvalue weighted by molar-refractivity contribution is 8.04. The van der Waals surface area contributed by atoms with Crippen LogP contribution in [0.1, 0.15) is 18.1 Å². The number of amides is 1. The molecule has 2 aromatic carbocycles. The number of hydrogen-bond donors (Lipinski definition) is 0. The van der Waals surface area contributed by atoms with Crippen LogP contribution >= 0.6 is 11.8 Å². The molecule has 1 amide bonds. The van der Waals surface area contributed by atoms with Crippen LogP contribution in [0, 0.1) is 16.0 Å². The molecule has 0 bridgehead atoms. The van der Waals surface area contributed by atoms with Gasteiger partial charge in [-0.15, -0.1) is 11.8 Å². The number of ether oxygens (including phenoxy) is 1. The molecule has 2 atom stereocenters. The van der Waals surface area contributed by atoms with Crippen molar-refractivity contribution in [1.29, 1.82) is 0 Å². The number of carbonyl (C=O) groups excluding carboxylic acids is 2. The fraction of sp³-hybridized carbons (Fsp3) is 0.238. The lowest BCUT2D eigenvalue weighted by molar-refractivity contribution is -0.384. The number of non-ortho nitro benzene ring substituents is 1. The normalized spacial score (nSPS) is 20.3. The third kappa shape index (κ3) is 3.63. The molecule has 0 spiro atoms. The standard InChI is InChI=1S/C21H18N2O5S/c1-13-18(21(25)28-12-15-7-9-16(10-8-15)23(26)27)22-19(24)17(20(22)29-13)11-14-5-3-2-4-6-14/h2-10,17,20H,11-12H2,1H3/t17?,20-/m1/s1. The minimum absolute atomic E-state index is 0.0155. The maximum absolute atomic E-state index is 12.7. The lowest BCUT2D eigenvalue weighted by Crippen LogP contribution is -2.58. The fourth-order valence-corrected chi connectivity index (χ4v) is 4.88. The van der Waals surface area contributed by atoms with Crippen LogP contribution in [0.25, 0.3) is 0 Å². The second-order valence-electron chi connectivity index (χ2n) is 6.92. The van der Waals surface area contributed by atoms with Gasteiger partial charge in [0.25, 0.3) is 5.69 Å². The average molecular weight is 410 g/mol. The van der Waals surface area contributed by atoms with Gasteiger partial charge in [0.1, 0.15) is 12.3 Å². The fourth-order valence-electron chi connectivity index (χ4n) is 3.53. The number of rotatable bonds is 6. The maximum atomic E-state index is 12.7. The Labute approximate surface area is 171 Å². The van der Waals surface area contributed by atoms with Gasteiger partial charge in [-0.3, -0.25) is 19.8 Å². The van der Waals surface area contributed by atoms with Crippen LogP contribution in [0.4, 0.5) is 5.69 Å². The van der Waals surface area contributed by atoms with Gasteiger partial charge in [0.05, 0.1) is 16.2 Å². The van der Waals surface area contributed by atoms with Gasteiger partial charge in [0, 0.05) is 17.0 Å². The van der Waals surface area contributed by atoms with E-state index in [-0.39, 0.29) is 29.5 Å². The van der Waals surface area contributed by atoms with Gasteiger partial charge in [-0.1, -0.05) is 30.3 Å². The van der Waals surface area contributed by atoms with E-state index in [4.69, 9.17) is 4.74 Å². The number of carbonyl (C=O) groups is 2. The van der Waals surface area contributed by atoms with E-state index in [9.17, 15) is 19.7 Å². The molecule has 148 valence electrons. The summed E-state index contributed by atoms with van der Waals surface area (Å²) in [5.74, 6) is -0.773. The van der Waals surface area contributed by atoms with Gasteiger partial charge in [-0.25, -0.2) is 4.79 Å². The molecule has 0 aromatic heterocycles. The molecule has 1 unspecified atom stereocenters. The second-order valence-corrected chi connectivity index (χ2v) is 8.25. The summed E-state index contributed by atoms with van der Waals surface area (Å²) in [5, 5.41) is 10.6. The third-order valence-corrected chi connectivity index (χ3v) is 6.36. The molecule has 1 saturated heterocycles. The summed E-state index contributed by atoms with van der Waals surface area (Å²) in [4.78, 5) is 37.8. The second kappa shape index (κ2) is 7.71. The maximum Gasteiger partial charge on any atom is 0.356 e. The number of nitro groups is 1. The van der Waals surface area contributed by atoms with E-state index in [2.05, 4.69) is 0 Å². The molecule has 0 aliphatic carbocycles. The Balaban J connectivity index is 1.39. The van der Waals surface area contributed by atoms with E-state index >= 15 is 0 Å². The molecule has 0 saturated carbocycles. The molecule has 7 nitrogen and oxygen atoms in total. The highest BCUT2D eigenvalue weighted by atomic mass is 32.2. The molecule has 2 aliphatic heterocycles. The molecule has 8 heteroatoms. The first-order valence-corrected chi connectivity index (χ1v) is 9.98. The van der Waals surface area contributed by atoms with Crippen LogP contribution < -0.4 is 0 Å². The molecular formula is C21H18N2O5S. The van der Waals surface area contributed by atoms with Crippen molar-refractivity contribution in [3.8, 4) is 0 Å². The number of β-lactam (4-membered cyclic amide) rings is 1. The van der Waals surface area contributed by atoms with E-state index in [0.717, 1.165) is 10.5 Å². The molecule has 0 N–H and O–H groups in total. The summed E-state index contributed by atoms with van der Waals surface area (Å²) < 4.78 is 5.36. The van der Waals surface area contributed by atoms with E-state index in [1.807, 2.05) is 37.3 Å². The molecule has 2 aromatic rings. The van der Waals surface area contributed by atoms with Gasteiger partial charge in [-0.2, -0.15) is 0 Å². The van der Waals surface area contributed by atoms with Crippen molar-refractivity contribution in [2.75, 3.05) is 0 Å². The van der Waals surface area contributed by atoms with Crippen molar-refractivity contribution in [3.63, 3.8) is 0 Å². The zero-order chi connectivity index (χ0) is 20.5. The Bertz CT molecular complexity index is 1000. The number of nitrogens with zero attached hydrogens (tertiary/aromatic N) is 2. The van der Waals surface area contributed by atoms with E-state index in [0.29, 0.717) is 17.7 Å². The molecule has 2 heterocycles. The van der Waals surface area contributed by atoms with E-state index < -0.39 is 10.9 Å². The van der Waals surface area contributed by atoms with Crippen LogP contribution in [0.2, 0.25) is 0 Å². The van der Waals surface area contributed by atoms with E-state index in [1.54, 1.807) is 12.1 Å². The summed E-state index contributed by atoms with van der Waals surface area (Å²) in [5.41, 5.74) is 2.01. The quantitative estimate of drug-likeness (QED) is 0.313. The van der Waals surface area contributed by atoms with Crippen molar-refractivity contribution < 1.29 is 19.2 Å². The smallest absolute Gasteiger partial charge is 0.356 e. The first-order chi connectivity index (χ1) is 14.0. The molecule has 0 radical (unpaired) electrons. The van der Waals surface area contributed by atoms with Gasteiger partial charge < -0.3 is 4.74 Å². The molecule has 1 fully saturated rings. The topological polar surface area (TPSA) is 89.8 Å². The van der Waals surface area contributed by atoms with Crippen LogP contribution in [-0.4, -0.2) is 27.1 Å². The molecule has 2 aliphatic rings. The summed E-state index contributed by atoms with van der Waals surface area (Å²) in [6, 6.07) is 15.6. The van der Waals surface area contributed by atoms with Crippen molar-refractivity contribution >= 4 is 29.3 Å². The number of thioether (sulfide) groups is 1. The molecule has 4 rings (SSSR count). The lowest BCUT2D eigenvalue weighted by Gasteiger charge is -2.42. The number of allylic oxidation sites excluding steroid dienone is 1. The van der Waals surface area contributed by atoms with Gasteiger partial charge in [0.15, 0.2) is 0 Å². The Kier molecular flexibility index (Phi) is 5.10. The Morgan fingerprint density at radius 1 is 1.14 bits per heavy atom. The largest absolute Gasteiger partial charge is 0.456 e. The Morgan fingerprint density at radius 2 is 1.83 bits per heavy atom. The number of benzene rings is 2. The van der Waals surface area contributed by atoms with Crippen LogP contribution in [-0.2, 0) is 27.4 Å². The zero-order valence-electron chi connectivity index (χ0n) is 15.6. The molecule has 29 heavy (non-hydrogen) atoms. The predicted molar refractivity (Wildman–Crippen MR) is 107 cm³/mol. The van der Waals surface area contributed by atoms with Crippen molar-refractivity contribution in [2.45, 2.75) is 25.3 Å². The summed E-state index contributed by atoms with van der Waals surface area (Å²) >= 11 is 1.52. The summed E-state index contributed by atoms with van der Waals surface area (Å²) in [7, 11) is 0. The van der Waals surface area contributed by atoms with Gasteiger partial charge >= 0.3 is 5.97 Å². The minimum Gasteiger partial charge on any atom is -0.456 e. The number of fused-ring (bicyclic) bond motifs is 1. The lowest BCUT2D eigenvalue weighted by atomic mass is 9.90. The van der Waals surface area contributed by atoms with Crippen molar-refractivity contribution in [2.24, 2.45) is 5.92 Å². The highest BCUT2D eigenvalue weighted by Gasteiger charge is 2.55. The van der Waals surface area contributed by atoms with E-state index in [1.165, 1.54) is 28.8 Å². The third-order valence-electron chi connectivity index (χ3n) is 5.03. The van der Waals surface area contributed by atoms with Crippen molar-refractivity contribution in [3.05, 3.63) is 86.4 Å². The SMILES string of the molecule is CC1=C(C(=O)OCc2ccc([N+](=O)[O-])cc2)N2C(=O)C(Cc3ccccc3)[C@H]2S1. The number of nitro benzene ring substituents is 1. The monoisotopic (exact) mass is 410 g/mol. The first-order valence-electron chi connectivity index (χ1n) is 9.10. The zero-order valence-corrected chi connectivity index (χ0v) is 16.4. The van der Waals surface area contributed by atoms with Crippen molar-refractivity contribution in [1.82, 2.24) is 4.90 Å².